The van der Waals surface area contributed by atoms with Crippen LogP contribution in [0.3, 0.4) is 0 Å². The Labute approximate surface area is 144 Å². The quantitative estimate of drug-likeness (QED) is 0.761. The van der Waals surface area contributed by atoms with Gasteiger partial charge in [-0.15, -0.1) is 11.8 Å². The molecule has 1 aromatic carbocycles. The Morgan fingerprint density at radius 3 is 2.54 bits per heavy atom. The monoisotopic (exact) mass is 349 g/mol. The molecule has 0 aromatic heterocycles. The number of carboxylic acids is 1. The van der Waals surface area contributed by atoms with Gasteiger partial charge in [-0.1, -0.05) is 12.1 Å². The third-order valence-corrected chi connectivity index (χ3v) is 4.42. The van der Waals surface area contributed by atoms with Crippen molar-refractivity contribution in [2.24, 2.45) is 5.10 Å². The summed E-state index contributed by atoms with van der Waals surface area (Å²) in [6.07, 6.45) is 2.19. The Bertz CT molecular complexity index is 672. The van der Waals surface area contributed by atoms with Gasteiger partial charge >= 0.3 is 5.97 Å². The fourth-order valence-electron chi connectivity index (χ4n) is 2.34. The molecule has 128 valence electrons. The highest BCUT2D eigenvalue weighted by molar-refractivity contribution is 7.98. The lowest BCUT2D eigenvalue weighted by molar-refractivity contribution is -0.137. The van der Waals surface area contributed by atoms with Crippen LogP contribution in [0.15, 0.2) is 34.3 Å². The van der Waals surface area contributed by atoms with Gasteiger partial charge in [-0.05, 0) is 24.0 Å². The van der Waals surface area contributed by atoms with Crippen molar-refractivity contribution in [2.45, 2.75) is 30.2 Å². The van der Waals surface area contributed by atoms with Gasteiger partial charge in [0.15, 0.2) is 0 Å². The first-order valence-electron chi connectivity index (χ1n) is 7.41. The molecule has 0 saturated carbocycles. The van der Waals surface area contributed by atoms with Crippen LogP contribution >= 0.6 is 11.8 Å². The number of hydrazone groups is 1. The number of nitrogens with zero attached hydrogens (tertiary/aromatic N) is 2. The number of carbonyl (C=O) groups excluding carboxylic acids is 2. The zero-order valence-corrected chi connectivity index (χ0v) is 14.3. The minimum atomic E-state index is -1.01. The fourth-order valence-corrected chi connectivity index (χ4v) is 2.75. The zero-order valence-electron chi connectivity index (χ0n) is 13.5. The zero-order chi connectivity index (χ0) is 17.7. The highest BCUT2D eigenvalue weighted by Crippen LogP contribution is 2.21. The van der Waals surface area contributed by atoms with E-state index in [1.807, 2.05) is 18.4 Å². The molecular formula is C16H19N3O4S. The summed E-state index contributed by atoms with van der Waals surface area (Å²) in [6, 6.07) is 6.71. The van der Waals surface area contributed by atoms with Crippen LogP contribution in [0.25, 0.3) is 0 Å². The Kier molecular flexibility index (Phi) is 5.97. The predicted octanol–water partition coefficient (Wildman–Crippen LogP) is 1.65. The highest BCUT2D eigenvalue weighted by atomic mass is 32.2. The number of amides is 2. The number of carbonyl (C=O) groups is 3. The van der Waals surface area contributed by atoms with E-state index in [-0.39, 0.29) is 30.9 Å². The van der Waals surface area contributed by atoms with Crippen LogP contribution in [0.2, 0.25) is 0 Å². The van der Waals surface area contributed by atoms with E-state index >= 15 is 0 Å². The highest BCUT2D eigenvalue weighted by Gasteiger charge is 2.25. The molecule has 2 amide bonds. The van der Waals surface area contributed by atoms with Crippen molar-refractivity contribution in [3.05, 3.63) is 29.8 Å². The van der Waals surface area contributed by atoms with E-state index in [1.165, 1.54) is 7.05 Å². The number of aliphatic carboxylic acids is 1. The van der Waals surface area contributed by atoms with Crippen LogP contribution in [0.1, 0.15) is 30.9 Å². The van der Waals surface area contributed by atoms with Crippen molar-refractivity contribution >= 4 is 35.3 Å². The average Bonchev–Trinajstić information content (AvgIpc) is 2.56. The van der Waals surface area contributed by atoms with Crippen LogP contribution < -0.4 is 5.32 Å². The van der Waals surface area contributed by atoms with Gasteiger partial charge in [0, 0.05) is 24.8 Å². The molecule has 2 rings (SSSR count). The normalized spacial score (nSPS) is 15.7. The van der Waals surface area contributed by atoms with Crippen LogP contribution in [-0.4, -0.2) is 46.9 Å². The van der Waals surface area contributed by atoms with Crippen molar-refractivity contribution in [1.29, 1.82) is 0 Å². The molecule has 1 unspecified atom stereocenters. The van der Waals surface area contributed by atoms with E-state index in [0.29, 0.717) is 5.56 Å². The Hall–Kier alpha value is -2.35. The Morgan fingerprint density at radius 2 is 2.00 bits per heavy atom. The maximum absolute atomic E-state index is 12.4. The SMILES string of the molecule is CSc1ccc(C(CC(=O)O)NC(=O)C2=NN(C)C(=O)CC2)cc1. The fraction of sp³-hybridized carbons (Fsp3) is 0.375. The summed E-state index contributed by atoms with van der Waals surface area (Å²) in [5.74, 6) is -1.61. The van der Waals surface area contributed by atoms with Gasteiger partial charge < -0.3 is 10.4 Å². The molecule has 1 aromatic rings. The topological polar surface area (TPSA) is 99.1 Å². The van der Waals surface area contributed by atoms with Gasteiger partial charge in [0.05, 0.1) is 12.5 Å². The second kappa shape index (κ2) is 7.96. The summed E-state index contributed by atoms with van der Waals surface area (Å²) >= 11 is 1.58. The van der Waals surface area contributed by atoms with Crippen molar-refractivity contribution in [3.63, 3.8) is 0 Å². The molecule has 1 aliphatic rings. The largest absolute Gasteiger partial charge is 0.481 e. The molecule has 7 nitrogen and oxygen atoms in total. The number of nitrogens with one attached hydrogen (secondary N) is 1. The minimum absolute atomic E-state index is 0.152. The molecule has 1 heterocycles. The third kappa shape index (κ3) is 4.58. The van der Waals surface area contributed by atoms with Crippen molar-refractivity contribution in [2.75, 3.05) is 13.3 Å². The number of hydrogen-bond acceptors (Lipinski definition) is 5. The third-order valence-electron chi connectivity index (χ3n) is 3.67. The molecule has 1 aliphatic heterocycles. The molecule has 1 atom stereocenters. The van der Waals surface area contributed by atoms with Crippen LogP contribution in [0.4, 0.5) is 0 Å². The van der Waals surface area contributed by atoms with E-state index in [0.717, 1.165) is 9.90 Å². The molecule has 0 saturated heterocycles. The van der Waals surface area contributed by atoms with E-state index in [2.05, 4.69) is 10.4 Å². The lowest BCUT2D eigenvalue weighted by Crippen LogP contribution is -2.39. The van der Waals surface area contributed by atoms with Crippen LogP contribution in [-0.2, 0) is 14.4 Å². The number of thioether (sulfide) groups is 1. The first-order valence-corrected chi connectivity index (χ1v) is 8.64. The molecule has 8 heteroatoms. The molecular weight excluding hydrogens is 330 g/mol. The summed E-state index contributed by atoms with van der Waals surface area (Å²) in [5.41, 5.74) is 0.942. The number of benzene rings is 1. The van der Waals surface area contributed by atoms with Crippen LogP contribution in [0.5, 0.6) is 0 Å². The Balaban J connectivity index is 2.16. The van der Waals surface area contributed by atoms with E-state index in [9.17, 15) is 14.4 Å². The Morgan fingerprint density at radius 1 is 1.33 bits per heavy atom. The second-order valence-corrected chi connectivity index (χ2v) is 6.24. The predicted molar refractivity (Wildman–Crippen MR) is 90.8 cm³/mol. The molecule has 24 heavy (non-hydrogen) atoms. The number of rotatable bonds is 6. The standard InChI is InChI=1S/C16H19N3O4S/c1-19-14(20)8-7-12(18-19)16(23)17-13(9-15(21)22)10-3-5-11(24-2)6-4-10/h3-6,13H,7-9H2,1-2H3,(H,17,23)(H,21,22). The van der Waals surface area contributed by atoms with Gasteiger partial charge in [-0.3, -0.25) is 14.4 Å². The summed E-state index contributed by atoms with van der Waals surface area (Å²) < 4.78 is 0. The van der Waals surface area contributed by atoms with Gasteiger partial charge in [0.2, 0.25) is 5.91 Å². The van der Waals surface area contributed by atoms with Gasteiger partial charge in [-0.2, -0.15) is 5.10 Å². The van der Waals surface area contributed by atoms with Gasteiger partial charge in [0.25, 0.3) is 5.91 Å². The molecule has 0 fully saturated rings. The first kappa shape index (κ1) is 18.0. The maximum atomic E-state index is 12.4. The maximum Gasteiger partial charge on any atom is 0.305 e. The second-order valence-electron chi connectivity index (χ2n) is 5.36. The lowest BCUT2D eigenvalue weighted by Gasteiger charge is -2.22. The average molecular weight is 349 g/mol. The summed E-state index contributed by atoms with van der Waals surface area (Å²) in [7, 11) is 1.49. The van der Waals surface area contributed by atoms with E-state index in [1.54, 1.807) is 23.9 Å². The van der Waals surface area contributed by atoms with E-state index in [4.69, 9.17) is 5.11 Å². The lowest BCUT2D eigenvalue weighted by atomic mass is 10.0. The summed E-state index contributed by atoms with van der Waals surface area (Å²) in [5, 5.41) is 16.9. The number of carboxylic acid groups (broad SMARTS) is 1. The molecule has 0 radical (unpaired) electrons. The molecule has 0 aliphatic carbocycles. The summed E-state index contributed by atoms with van der Waals surface area (Å²) in [6.45, 7) is 0. The molecule has 0 spiro atoms. The van der Waals surface area contributed by atoms with Gasteiger partial charge in [-0.25, -0.2) is 5.01 Å². The molecule has 2 N–H and O–H groups in total. The smallest absolute Gasteiger partial charge is 0.305 e. The number of hydrogen-bond donors (Lipinski definition) is 2. The first-order chi connectivity index (χ1) is 11.4. The van der Waals surface area contributed by atoms with Crippen molar-refractivity contribution in [3.8, 4) is 0 Å². The minimum Gasteiger partial charge on any atom is -0.481 e. The molecule has 0 bridgehead atoms. The van der Waals surface area contributed by atoms with Crippen LogP contribution in [0, 0.1) is 0 Å². The van der Waals surface area contributed by atoms with Crippen molar-refractivity contribution in [1.82, 2.24) is 10.3 Å². The summed E-state index contributed by atoms with van der Waals surface area (Å²) in [4.78, 5) is 36.0. The van der Waals surface area contributed by atoms with E-state index < -0.39 is 17.9 Å². The van der Waals surface area contributed by atoms with Gasteiger partial charge in [0.1, 0.15) is 5.71 Å². The van der Waals surface area contributed by atoms with Crippen molar-refractivity contribution < 1.29 is 19.5 Å².